The fraction of sp³-hybridized carbons (Fsp3) is 0.414. The van der Waals surface area contributed by atoms with Crippen LogP contribution in [-0.2, 0) is 11.2 Å². The number of piperazine rings is 1. The Morgan fingerprint density at radius 1 is 1.06 bits per heavy atom. The Morgan fingerprint density at radius 2 is 1.85 bits per heavy atom. The molecule has 0 saturated carbocycles. The van der Waals surface area contributed by atoms with Gasteiger partial charge in [-0.3, -0.25) is 4.79 Å². The van der Waals surface area contributed by atoms with Crippen molar-refractivity contribution < 1.29 is 9.21 Å². The molecule has 4 nitrogen and oxygen atoms in total. The molecule has 1 saturated heterocycles. The third kappa shape index (κ3) is 5.52. The van der Waals surface area contributed by atoms with Crippen LogP contribution in [-0.4, -0.2) is 36.5 Å². The maximum atomic E-state index is 13.1. The van der Waals surface area contributed by atoms with Crippen LogP contribution in [0.5, 0.6) is 0 Å². The van der Waals surface area contributed by atoms with Gasteiger partial charge in [0.2, 0.25) is 0 Å². The van der Waals surface area contributed by atoms with E-state index in [1.54, 1.807) is 11.8 Å². The third-order valence-electron chi connectivity index (χ3n) is 6.54. The average Bonchev–Trinajstić information content (AvgIpc) is 3.26. The highest BCUT2D eigenvalue weighted by Crippen LogP contribution is 2.32. The highest BCUT2D eigenvalue weighted by atomic mass is 32.2. The Labute approximate surface area is 208 Å². The van der Waals surface area contributed by atoms with Crippen LogP contribution < -0.4 is 4.90 Å². The van der Waals surface area contributed by atoms with Gasteiger partial charge in [-0.25, -0.2) is 0 Å². The van der Waals surface area contributed by atoms with E-state index in [-0.39, 0.29) is 17.4 Å². The number of amides is 1. The van der Waals surface area contributed by atoms with Crippen molar-refractivity contribution in [3.63, 3.8) is 0 Å². The molecular formula is C29H36N2O2S. The normalized spacial score (nSPS) is 16.7. The second kappa shape index (κ2) is 9.91. The Bertz CT molecular complexity index is 1160. The van der Waals surface area contributed by atoms with E-state index in [1.807, 2.05) is 17.0 Å². The molecule has 1 aliphatic rings. The van der Waals surface area contributed by atoms with Gasteiger partial charge in [0.1, 0.15) is 5.76 Å². The molecule has 4 rings (SSSR count). The number of thioether (sulfide) groups is 1. The van der Waals surface area contributed by atoms with Crippen LogP contribution >= 0.6 is 11.8 Å². The smallest absolute Gasteiger partial charge is 0.289 e. The van der Waals surface area contributed by atoms with Gasteiger partial charge in [0.15, 0.2) is 5.76 Å². The lowest BCUT2D eigenvalue weighted by atomic mass is 9.87. The molecule has 0 spiro atoms. The molecule has 2 aromatic carbocycles. The highest BCUT2D eigenvalue weighted by molar-refractivity contribution is 7.98. The Kier molecular flexibility index (Phi) is 7.13. The van der Waals surface area contributed by atoms with Crippen molar-refractivity contribution in [2.75, 3.05) is 24.5 Å². The number of rotatable bonds is 5. The van der Waals surface area contributed by atoms with Gasteiger partial charge in [-0.05, 0) is 73.2 Å². The Hall–Kier alpha value is -2.66. The minimum Gasteiger partial charge on any atom is -0.455 e. The van der Waals surface area contributed by atoms with Crippen molar-refractivity contribution >= 4 is 23.4 Å². The van der Waals surface area contributed by atoms with Crippen molar-refractivity contribution in [2.24, 2.45) is 0 Å². The van der Waals surface area contributed by atoms with Gasteiger partial charge >= 0.3 is 0 Å². The molecule has 0 aliphatic carbocycles. The maximum Gasteiger partial charge on any atom is 0.289 e. The van der Waals surface area contributed by atoms with Crippen LogP contribution in [0.3, 0.4) is 0 Å². The number of nitrogens with zero attached hydrogens (tertiary/aromatic N) is 2. The Morgan fingerprint density at radius 3 is 2.56 bits per heavy atom. The number of furan rings is 1. The maximum absolute atomic E-state index is 13.1. The molecule has 2 heterocycles. The van der Waals surface area contributed by atoms with Crippen molar-refractivity contribution in [3.8, 4) is 0 Å². The van der Waals surface area contributed by atoms with E-state index >= 15 is 0 Å². The summed E-state index contributed by atoms with van der Waals surface area (Å²) in [5.74, 6) is 1.96. The summed E-state index contributed by atoms with van der Waals surface area (Å²) in [4.78, 5) is 18.7. The average molecular weight is 477 g/mol. The van der Waals surface area contributed by atoms with Crippen molar-refractivity contribution in [1.82, 2.24) is 4.90 Å². The molecule has 1 aromatic heterocycles. The van der Waals surface area contributed by atoms with Crippen LogP contribution in [0, 0.1) is 13.8 Å². The van der Waals surface area contributed by atoms with Crippen LogP contribution in [0.4, 0.5) is 5.69 Å². The zero-order chi connectivity index (χ0) is 24.5. The minimum atomic E-state index is -0.0158. The summed E-state index contributed by atoms with van der Waals surface area (Å²) < 4.78 is 5.99. The van der Waals surface area contributed by atoms with Gasteiger partial charge < -0.3 is 14.2 Å². The monoisotopic (exact) mass is 476 g/mol. The topological polar surface area (TPSA) is 36.7 Å². The van der Waals surface area contributed by atoms with E-state index in [0.717, 1.165) is 12.3 Å². The van der Waals surface area contributed by atoms with E-state index in [0.29, 0.717) is 24.6 Å². The predicted octanol–water partition coefficient (Wildman–Crippen LogP) is 6.84. The lowest BCUT2D eigenvalue weighted by molar-refractivity contribution is 0.0692. The van der Waals surface area contributed by atoms with Gasteiger partial charge in [0.25, 0.3) is 5.91 Å². The highest BCUT2D eigenvalue weighted by Gasteiger charge is 2.29. The molecule has 0 N–H and O–H groups in total. The quantitative estimate of drug-likeness (QED) is 0.378. The van der Waals surface area contributed by atoms with Crippen molar-refractivity contribution in [2.45, 2.75) is 63.6 Å². The fourth-order valence-electron chi connectivity index (χ4n) is 4.43. The first kappa shape index (κ1) is 24.5. The van der Waals surface area contributed by atoms with Gasteiger partial charge in [0.05, 0.1) is 5.75 Å². The third-order valence-corrected chi connectivity index (χ3v) is 7.72. The van der Waals surface area contributed by atoms with Crippen LogP contribution in [0.15, 0.2) is 63.9 Å². The summed E-state index contributed by atoms with van der Waals surface area (Å²) in [5.41, 5.74) is 5.19. The van der Waals surface area contributed by atoms with Gasteiger partial charge in [0, 0.05) is 36.3 Å². The van der Waals surface area contributed by atoms with Crippen LogP contribution in [0.2, 0.25) is 0 Å². The molecule has 1 fully saturated rings. The molecule has 5 heteroatoms. The summed E-state index contributed by atoms with van der Waals surface area (Å²) in [5, 5.41) is 0. The first-order valence-corrected chi connectivity index (χ1v) is 13.1. The molecule has 0 radical (unpaired) electrons. The largest absolute Gasteiger partial charge is 0.455 e. The van der Waals surface area contributed by atoms with Crippen LogP contribution in [0.25, 0.3) is 0 Å². The zero-order valence-corrected chi connectivity index (χ0v) is 22.0. The second-order valence-electron chi connectivity index (χ2n) is 10.4. The summed E-state index contributed by atoms with van der Waals surface area (Å²) in [6.07, 6.45) is 0. The number of carbonyl (C=O) groups is 1. The van der Waals surface area contributed by atoms with E-state index in [4.69, 9.17) is 4.42 Å². The van der Waals surface area contributed by atoms with Gasteiger partial charge in [-0.2, -0.15) is 0 Å². The fourth-order valence-corrected chi connectivity index (χ4v) is 5.39. The molecule has 1 amide bonds. The summed E-state index contributed by atoms with van der Waals surface area (Å²) in [6.45, 7) is 15.3. The first-order valence-electron chi connectivity index (χ1n) is 12.1. The second-order valence-corrected chi connectivity index (χ2v) is 11.4. The molecule has 180 valence electrons. The summed E-state index contributed by atoms with van der Waals surface area (Å²) in [7, 11) is 0. The summed E-state index contributed by atoms with van der Waals surface area (Å²) >= 11 is 1.77. The molecular weight excluding hydrogens is 440 g/mol. The van der Waals surface area contributed by atoms with Gasteiger partial charge in [-0.15, -0.1) is 11.8 Å². The van der Waals surface area contributed by atoms with E-state index in [2.05, 4.69) is 88.9 Å². The molecule has 1 aliphatic heterocycles. The zero-order valence-electron chi connectivity index (χ0n) is 21.2. The number of benzene rings is 2. The number of anilines is 1. The lowest BCUT2D eigenvalue weighted by Crippen LogP contribution is -2.53. The number of hydrogen-bond donors (Lipinski definition) is 0. The molecule has 1 atom stereocenters. The predicted molar refractivity (Wildman–Crippen MR) is 142 cm³/mol. The van der Waals surface area contributed by atoms with Crippen LogP contribution in [0.1, 0.15) is 60.7 Å². The minimum absolute atomic E-state index is 0.0158. The molecule has 0 bridgehead atoms. The SMILES string of the molecule is Cc1cccc(N2CCN(C(=O)c3ccc(CSc4cc(C(C)(C)C)ccc4C)o3)CC2C)c1. The van der Waals surface area contributed by atoms with Crippen molar-refractivity contribution in [3.05, 3.63) is 82.8 Å². The first-order chi connectivity index (χ1) is 16.1. The van der Waals surface area contributed by atoms with E-state index in [1.165, 1.54) is 27.3 Å². The van der Waals surface area contributed by atoms with E-state index < -0.39 is 0 Å². The summed E-state index contributed by atoms with van der Waals surface area (Å²) in [6, 6.07) is 19.3. The standard InChI is InChI=1S/C29H36N2O2S/c1-20-8-7-9-24(16-20)31-15-14-30(18-22(31)3)28(32)26-13-12-25(33-26)19-34-27-17-23(29(4,5)6)11-10-21(27)2/h7-13,16-17,22H,14-15,18-19H2,1-6H3. The number of aryl methyl sites for hydroxylation is 2. The van der Waals surface area contributed by atoms with Gasteiger partial charge in [-0.1, -0.05) is 45.0 Å². The molecule has 1 unspecified atom stereocenters. The molecule has 34 heavy (non-hydrogen) atoms. The number of carbonyl (C=O) groups excluding carboxylic acids is 1. The Balaban J connectivity index is 1.38. The van der Waals surface area contributed by atoms with E-state index in [9.17, 15) is 4.79 Å². The molecule has 3 aromatic rings. The number of hydrogen-bond acceptors (Lipinski definition) is 4. The van der Waals surface area contributed by atoms with Crippen molar-refractivity contribution in [1.29, 1.82) is 0 Å². The lowest BCUT2D eigenvalue weighted by Gasteiger charge is -2.41.